The predicted molar refractivity (Wildman–Crippen MR) is 74.0 cm³/mol. The standard InChI is InChI=1S/C14H13N5/c1-19(2)10-16-14-12(8-15)13(9-17-18-14)11-6-4-3-5-7-11/h3-7,9-10H,1-2H3/b16-10+. The predicted octanol–water partition coefficient (Wildman–Crippen LogP) is 2.24. The van der Waals surface area contributed by atoms with Gasteiger partial charge in [-0.2, -0.15) is 10.4 Å². The molecule has 0 aliphatic carbocycles. The molecule has 0 spiro atoms. The van der Waals surface area contributed by atoms with Gasteiger partial charge in [-0.05, 0) is 5.56 Å². The van der Waals surface area contributed by atoms with E-state index in [1.807, 2.05) is 44.4 Å². The average Bonchev–Trinajstić information content (AvgIpc) is 2.45. The molecule has 0 saturated heterocycles. The third kappa shape index (κ3) is 2.93. The molecular formula is C14H13N5. The van der Waals surface area contributed by atoms with Gasteiger partial charge in [0.05, 0.1) is 12.5 Å². The van der Waals surface area contributed by atoms with Crippen molar-refractivity contribution in [2.75, 3.05) is 14.1 Å². The summed E-state index contributed by atoms with van der Waals surface area (Å²) in [6.07, 6.45) is 3.18. The molecule has 0 unspecified atom stereocenters. The van der Waals surface area contributed by atoms with E-state index in [0.29, 0.717) is 11.4 Å². The normalized spacial score (nSPS) is 10.4. The number of aromatic nitrogens is 2. The molecule has 19 heavy (non-hydrogen) atoms. The van der Waals surface area contributed by atoms with Crippen molar-refractivity contribution < 1.29 is 0 Å². The number of benzene rings is 1. The maximum atomic E-state index is 9.32. The highest BCUT2D eigenvalue weighted by Gasteiger charge is 2.11. The van der Waals surface area contributed by atoms with Gasteiger partial charge in [-0.15, -0.1) is 5.10 Å². The SMILES string of the molecule is CN(C)/C=N/c1nncc(-c2ccccc2)c1C#N. The van der Waals surface area contributed by atoms with Crippen molar-refractivity contribution in [2.24, 2.45) is 4.99 Å². The average molecular weight is 251 g/mol. The smallest absolute Gasteiger partial charge is 0.194 e. The zero-order valence-corrected chi connectivity index (χ0v) is 10.8. The second-order valence-corrected chi connectivity index (χ2v) is 4.14. The van der Waals surface area contributed by atoms with Crippen LogP contribution in [0, 0.1) is 11.3 Å². The first kappa shape index (κ1) is 12.7. The van der Waals surface area contributed by atoms with Gasteiger partial charge in [-0.25, -0.2) is 4.99 Å². The van der Waals surface area contributed by atoms with E-state index in [1.54, 1.807) is 17.4 Å². The van der Waals surface area contributed by atoms with Crippen LogP contribution in [0.5, 0.6) is 0 Å². The highest BCUT2D eigenvalue weighted by atomic mass is 15.2. The molecule has 0 fully saturated rings. The summed E-state index contributed by atoms with van der Waals surface area (Å²) in [5, 5.41) is 17.1. The molecule has 5 heteroatoms. The Hall–Kier alpha value is -2.74. The van der Waals surface area contributed by atoms with Gasteiger partial charge in [0, 0.05) is 19.7 Å². The van der Waals surface area contributed by atoms with Crippen LogP contribution in [0.2, 0.25) is 0 Å². The zero-order valence-electron chi connectivity index (χ0n) is 10.8. The maximum Gasteiger partial charge on any atom is 0.194 e. The van der Waals surface area contributed by atoms with Crippen molar-refractivity contribution in [2.45, 2.75) is 0 Å². The maximum absolute atomic E-state index is 9.32. The monoisotopic (exact) mass is 251 g/mol. The van der Waals surface area contributed by atoms with Gasteiger partial charge in [0.1, 0.15) is 11.6 Å². The second-order valence-electron chi connectivity index (χ2n) is 4.14. The molecule has 1 heterocycles. The minimum Gasteiger partial charge on any atom is -0.369 e. The van der Waals surface area contributed by atoms with Gasteiger partial charge in [0.2, 0.25) is 0 Å². The van der Waals surface area contributed by atoms with Crippen molar-refractivity contribution in [1.29, 1.82) is 5.26 Å². The van der Waals surface area contributed by atoms with E-state index in [9.17, 15) is 5.26 Å². The van der Waals surface area contributed by atoms with Crippen LogP contribution in [0.4, 0.5) is 5.82 Å². The van der Waals surface area contributed by atoms with E-state index in [-0.39, 0.29) is 0 Å². The van der Waals surface area contributed by atoms with Crippen molar-refractivity contribution >= 4 is 12.2 Å². The van der Waals surface area contributed by atoms with E-state index < -0.39 is 0 Å². The molecule has 5 nitrogen and oxygen atoms in total. The summed E-state index contributed by atoms with van der Waals surface area (Å²) in [6.45, 7) is 0. The highest BCUT2D eigenvalue weighted by molar-refractivity contribution is 5.75. The van der Waals surface area contributed by atoms with Crippen LogP contribution >= 0.6 is 0 Å². The van der Waals surface area contributed by atoms with Crippen molar-refractivity contribution in [3.05, 3.63) is 42.1 Å². The van der Waals surface area contributed by atoms with Crippen molar-refractivity contribution in [3.63, 3.8) is 0 Å². The summed E-state index contributed by atoms with van der Waals surface area (Å²) in [5.74, 6) is 0.331. The number of hydrogen-bond acceptors (Lipinski definition) is 4. The molecule has 0 N–H and O–H groups in total. The molecule has 0 atom stereocenters. The summed E-state index contributed by atoms with van der Waals surface area (Å²) >= 11 is 0. The lowest BCUT2D eigenvalue weighted by Crippen LogP contribution is -2.07. The first-order valence-corrected chi connectivity index (χ1v) is 5.74. The molecule has 1 aromatic heterocycles. The topological polar surface area (TPSA) is 65.2 Å². The molecule has 0 bridgehead atoms. The van der Waals surface area contributed by atoms with E-state index in [0.717, 1.165) is 11.1 Å². The van der Waals surface area contributed by atoms with Crippen LogP contribution in [0.15, 0.2) is 41.5 Å². The van der Waals surface area contributed by atoms with Crippen LogP contribution in [0.3, 0.4) is 0 Å². The number of nitrogens with zero attached hydrogens (tertiary/aromatic N) is 5. The number of nitriles is 1. The molecule has 0 aliphatic heterocycles. The van der Waals surface area contributed by atoms with Gasteiger partial charge in [0.25, 0.3) is 0 Å². The lowest BCUT2D eigenvalue weighted by Gasteiger charge is -2.06. The first-order chi connectivity index (χ1) is 9.22. The molecule has 2 rings (SSSR count). The minimum absolute atomic E-state index is 0.331. The lowest BCUT2D eigenvalue weighted by molar-refractivity contribution is 0.642. The van der Waals surface area contributed by atoms with Crippen molar-refractivity contribution in [1.82, 2.24) is 15.1 Å². The van der Waals surface area contributed by atoms with E-state index >= 15 is 0 Å². The molecule has 0 saturated carbocycles. The fourth-order valence-electron chi connectivity index (χ4n) is 1.58. The number of hydrogen-bond donors (Lipinski definition) is 0. The van der Waals surface area contributed by atoms with Crippen LogP contribution < -0.4 is 0 Å². The number of rotatable bonds is 3. The summed E-state index contributed by atoms with van der Waals surface area (Å²) in [6, 6.07) is 11.8. The molecule has 2 aromatic rings. The van der Waals surface area contributed by atoms with Crippen LogP contribution in [0.1, 0.15) is 5.56 Å². The largest absolute Gasteiger partial charge is 0.369 e. The molecule has 1 aromatic carbocycles. The second kappa shape index (κ2) is 5.74. The Morgan fingerprint density at radius 1 is 1.26 bits per heavy atom. The summed E-state index contributed by atoms with van der Waals surface area (Å²) < 4.78 is 0. The summed E-state index contributed by atoms with van der Waals surface area (Å²) in [4.78, 5) is 5.94. The summed E-state index contributed by atoms with van der Waals surface area (Å²) in [7, 11) is 3.70. The Morgan fingerprint density at radius 2 is 2.00 bits per heavy atom. The van der Waals surface area contributed by atoms with Crippen LogP contribution in [0.25, 0.3) is 11.1 Å². The molecule has 0 aliphatic rings. The Kier molecular flexibility index (Phi) is 3.84. The van der Waals surface area contributed by atoms with Crippen LogP contribution in [-0.2, 0) is 0 Å². The lowest BCUT2D eigenvalue weighted by atomic mass is 10.0. The van der Waals surface area contributed by atoms with Gasteiger partial charge in [-0.3, -0.25) is 0 Å². The first-order valence-electron chi connectivity index (χ1n) is 5.74. The van der Waals surface area contributed by atoms with Crippen LogP contribution in [-0.4, -0.2) is 35.5 Å². The Balaban J connectivity index is 2.53. The quantitative estimate of drug-likeness (QED) is 0.620. The molecule has 0 amide bonds. The van der Waals surface area contributed by atoms with E-state index in [1.165, 1.54) is 0 Å². The highest BCUT2D eigenvalue weighted by Crippen LogP contribution is 2.27. The third-order valence-electron chi connectivity index (χ3n) is 2.44. The van der Waals surface area contributed by atoms with E-state index in [4.69, 9.17) is 0 Å². The van der Waals surface area contributed by atoms with Crippen molar-refractivity contribution in [3.8, 4) is 17.2 Å². The fraction of sp³-hybridized carbons (Fsp3) is 0.143. The Labute approximate surface area is 111 Å². The number of aliphatic imine (C=N–C) groups is 1. The Morgan fingerprint density at radius 3 is 2.63 bits per heavy atom. The molecule has 94 valence electrons. The molecular weight excluding hydrogens is 238 g/mol. The third-order valence-corrected chi connectivity index (χ3v) is 2.44. The zero-order chi connectivity index (χ0) is 13.7. The summed E-state index contributed by atoms with van der Waals surface area (Å²) in [5.41, 5.74) is 2.10. The van der Waals surface area contributed by atoms with Gasteiger partial charge >= 0.3 is 0 Å². The minimum atomic E-state index is 0.331. The van der Waals surface area contributed by atoms with E-state index in [2.05, 4.69) is 21.3 Å². The Bertz CT molecular complexity index is 626. The van der Waals surface area contributed by atoms with Gasteiger partial charge in [-0.1, -0.05) is 30.3 Å². The van der Waals surface area contributed by atoms with Gasteiger partial charge < -0.3 is 4.90 Å². The van der Waals surface area contributed by atoms with Gasteiger partial charge in [0.15, 0.2) is 5.82 Å². The molecule has 0 radical (unpaired) electrons. The fourth-order valence-corrected chi connectivity index (χ4v) is 1.58.